The second-order valence-electron chi connectivity index (χ2n) is 2.32. The van der Waals surface area contributed by atoms with Crippen molar-refractivity contribution >= 4 is 15.9 Å². The van der Waals surface area contributed by atoms with Gasteiger partial charge >= 0.3 is 6.18 Å². The number of hydrogen-bond acceptors (Lipinski definition) is 2. The summed E-state index contributed by atoms with van der Waals surface area (Å²) in [5.74, 6) is -1.39. The van der Waals surface area contributed by atoms with Gasteiger partial charge in [0.2, 0.25) is 0 Å². The molecule has 2 N–H and O–H groups in total. The molecule has 0 amide bonds. The fourth-order valence-electron chi connectivity index (χ4n) is 0.769. The highest BCUT2D eigenvalue weighted by Crippen LogP contribution is 2.40. The van der Waals surface area contributed by atoms with Gasteiger partial charge in [-0.3, -0.25) is 0 Å². The van der Waals surface area contributed by atoms with Crippen molar-refractivity contribution in [2.45, 2.75) is 6.18 Å². The van der Waals surface area contributed by atoms with Gasteiger partial charge in [0.05, 0.1) is 5.56 Å². The molecular weight excluding hydrogens is 253 g/mol. The quantitative estimate of drug-likeness (QED) is 0.701. The van der Waals surface area contributed by atoms with Gasteiger partial charge in [0.1, 0.15) is 0 Å². The molecule has 0 heterocycles. The van der Waals surface area contributed by atoms with Gasteiger partial charge in [-0.1, -0.05) is 15.9 Å². The normalized spacial score (nSPS) is 11.7. The fraction of sp³-hybridized carbons (Fsp3) is 0.143. The first-order chi connectivity index (χ1) is 5.82. The molecule has 2 nitrogen and oxygen atoms in total. The average Bonchev–Trinajstić information content (AvgIpc) is 1.94. The van der Waals surface area contributed by atoms with Crippen LogP contribution in [0.2, 0.25) is 0 Å². The minimum atomic E-state index is -4.55. The van der Waals surface area contributed by atoms with Crippen molar-refractivity contribution in [3.8, 4) is 11.5 Å². The third-order valence-corrected chi connectivity index (χ3v) is 2.03. The number of aromatic hydroxyl groups is 2. The van der Waals surface area contributed by atoms with E-state index in [9.17, 15) is 13.2 Å². The molecule has 0 aliphatic carbocycles. The highest BCUT2D eigenvalue weighted by Gasteiger charge is 2.33. The van der Waals surface area contributed by atoms with Crippen molar-refractivity contribution in [1.29, 1.82) is 0 Å². The first kappa shape index (κ1) is 10.2. The van der Waals surface area contributed by atoms with E-state index in [1.807, 2.05) is 0 Å². The Morgan fingerprint density at radius 1 is 1.08 bits per heavy atom. The van der Waals surface area contributed by atoms with Crippen LogP contribution < -0.4 is 0 Å². The Bertz CT molecular complexity index is 335. The van der Waals surface area contributed by atoms with E-state index in [2.05, 4.69) is 15.9 Å². The van der Waals surface area contributed by atoms with Crippen LogP contribution in [0.3, 0.4) is 0 Å². The first-order valence-corrected chi connectivity index (χ1v) is 3.90. The summed E-state index contributed by atoms with van der Waals surface area (Å²) in [5.41, 5.74) is -1.03. The standard InChI is InChI=1S/C7H4BrF3O2/c8-4-2-6(13)5(12)1-3(4)7(9,10)11/h1-2,12-13H. The van der Waals surface area contributed by atoms with Crippen LogP contribution in [-0.4, -0.2) is 10.2 Å². The molecule has 1 rings (SSSR count). The van der Waals surface area contributed by atoms with Crippen molar-refractivity contribution in [1.82, 2.24) is 0 Å². The van der Waals surface area contributed by atoms with Gasteiger partial charge < -0.3 is 10.2 Å². The number of phenolic OH excluding ortho intramolecular Hbond substituents is 2. The molecule has 1 aromatic rings. The Morgan fingerprint density at radius 2 is 1.54 bits per heavy atom. The lowest BCUT2D eigenvalue weighted by Crippen LogP contribution is -2.05. The Kier molecular flexibility index (Phi) is 2.42. The summed E-state index contributed by atoms with van der Waals surface area (Å²) in [6.45, 7) is 0. The van der Waals surface area contributed by atoms with Gasteiger partial charge in [-0.15, -0.1) is 0 Å². The van der Waals surface area contributed by atoms with Crippen LogP contribution in [0, 0.1) is 0 Å². The topological polar surface area (TPSA) is 40.5 Å². The highest BCUT2D eigenvalue weighted by atomic mass is 79.9. The summed E-state index contributed by atoms with van der Waals surface area (Å²) in [7, 11) is 0. The average molecular weight is 257 g/mol. The van der Waals surface area contributed by atoms with E-state index in [1.165, 1.54) is 0 Å². The maximum Gasteiger partial charge on any atom is 0.417 e. The predicted molar refractivity (Wildman–Crippen MR) is 42.5 cm³/mol. The third kappa shape index (κ3) is 2.06. The van der Waals surface area contributed by atoms with Gasteiger partial charge in [-0.05, 0) is 12.1 Å². The molecular formula is C7H4BrF3O2. The maximum absolute atomic E-state index is 12.1. The summed E-state index contributed by atoms with van der Waals surface area (Å²) in [6.07, 6.45) is -4.55. The molecule has 0 atom stereocenters. The summed E-state index contributed by atoms with van der Waals surface area (Å²) >= 11 is 2.63. The largest absolute Gasteiger partial charge is 0.504 e. The molecule has 0 aromatic heterocycles. The summed E-state index contributed by atoms with van der Waals surface area (Å²) in [4.78, 5) is 0. The Morgan fingerprint density at radius 3 is 2.00 bits per heavy atom. The van der Waals surface area contributed by atoms with Crippen LogP contribution in [0.5, 0.6) is 11.5 Å². The van der Waals surface area contributed by atoms with Crippen LogP contribution in [0.15, 0.2) is 16.6 Å². The lowest BCUT2D eigenvalue weighted by molar-refractivity contribution is -0.138. The molecule has 0 radical (unpaired) electrons. The third-order valence-electron chi connectivity index (χ3n) is 1.37. The van der Waals surface area contributed by atoms with Gasteiger partial charge in [0.25, 0.3) is 0 Å². The lowest BCUT2D eigenvalue weighted by Gasteiger charge is -2.09. The zero-order chi connectivity index (χ0) is 10.2. The second kappa shape index (κ2) is 3.10. The molecule has 0 aliphatic rings. The molecule has 0 aliphatic heterocycles. The highest BCUT2D eigenvalue weighted by molar-refractivity contribution is 9.10. The van der Waals surface area contributed by atoms with Gasteiger partial charge in [0.15, 0.2) is 11.5 Å². The molecule has 0 fully saturated rings. The van der Waals surface area contributed by atoms with E-state index in [0.717, 1.165) is 6.07 Å². The number of benzene rings is 1. The van der Waals surface area contributed by atoms with E-state index in [-0.39, 0.29) is 4.47 Å². The monoisotopic (exact) mass is 256 g/mol. The van der Waals surface area contributed by atoms with E-state index in [4.69, 9.17) is 10.2 Å². The minimum Gasteiger partial charge on any atom is -0.504 e. The van der Waals surface area contributed by atoms with Crippen molar-refractivity contribution in [2.24, 2.45) is 0 Å². The summed E-state index contributed by atoms with van der Waals surface area (Å²) in [6, 6.07) is 1.25. The molecule has 0 bridgehead atoms. The lowest BCUT2D eigenvalue weighted by atomic mass is 10.2. The van der Waals surface area contributed by atoms with Crippen LogP contribution >= 0.6 is 15.9 Å². The van der Waals surface area contributed by atoms with E-state index in [1.54, 1.807) is 0 Å². The van der Waals surface area contributed by atoms with Gasteiger partial charge in [-0.2, -0.15) is 13.2 Å². The molecule has 72 valence electrons. The zero-order valence-electron chi connectivity index (χ0n) is 6.06. The molecule has 0 spiro atoms. The van der Waals surface area contributed by atoms with E-state index in [0.29, 0.717) is 6.07 Å². The number of hydrogen-bond donors (Lipinski definition) is 2. The second-order valence-corrected chi connectivity index (χ2v) is 3.17. The van der Waals surface area contributed by atoms with Crippen molar-refractivity contribution in [3.63, 3.8) is 0 Å². The van der Waals surface area contributed by atoms with Gasteiger partial charge in [-0.25, -0.2) is 0 Å². The molecule has 0 saturated carbocycles. The predicted octanol–water partition coefficient (Wildman–Crippen LogP) is 2.88. The minimum absolute atomic E-state index is 0.310. The Labute approximate surface area is 79.7 Å². The fourth-order valence-corrected chi connectivity index (χ4v) is 1.32. The number of alkyl halides is 3. The molecule has 13 heavy (non-hydrogen) atoms. The van der Waals surface area contributed by atoms with Crippen molar-refractivity contribution < 1.29 is 23.4 Å². The molecule has 0 saturated heterocycles. The van der Waals surface area contributed by atoms with Crippen molar-refractivity contribution in [3.05, 3.63) is 22.2 Å². The molecule has 1 aromatic carbocycles. The molecule has 6 heteroatoms. The maximum atomic E-state index is 12.1. The smallest absolute Gasteiger partial charge is 0.417 e. The Balaban J connectivity index is 3.32. The van der Waals surface area contributed by atoms with Crippen molar-refractivity contribution in [2.75, 3.05) is 0 Å². The number of rotatable bonds is 0. The molecule has 0 unspecified atom stereocenters. The number of phenols is 2. The first-order valence-electron chi connectivity index (χ1n) is 3.11. The summed E-state index contributed by atoms with van der Waals surface area (Å²) < 4.78 is 36.1. The zero-order valence-corrected chi connectivity index (χ0v) is 7.65. The van der Waals surface area contributed by atoms with Crippen LogP contribution in [-0.2, 0) is 6.18 Å². The SMILES string of the molecule is Oc1cc(Br)c(C(F)(F)F)cc1O. The van der Waals surface area contributed by atoms with Gasteiger partial charge in [0, 0.05) is 4.47 Å². The van der Waals surface area contributed by atoms with Crippen LogP contribution in [0.1, 0.15) is 5.56 Å². The van der Waals surface area contributed by atoms with E-state index < -0.39 is 23.2 Å². The van der Waals surface area contributed by atoms with Crippen LogP contribution in [0.25, 0.3) is 0 Å². The van der Waals surface area contributed by atoms with Crippen LogP contribution in [0.4, 0.5) is 13.2 Å². The number of halogens is 4. The summed E-state index contributed by atoms with van der Waals surface area (Å²) in [5, 5.41) is 17.7. The van der Waals surface area contributed by atoms with E-state index >= 15 is 0 Å². The Hall–Kier alpha value is -0.910.